The van der Waals surface area contributed by atoms with Gasteiger partial charge in [-0.1, -0.05) is 68.8 Å². The van der Waals surface area contributed by atoms with E-state index < -0.39 is 0 Å². The molecule has 676 valence electrons. The molecule has 16 aromatic heterocycles. The molecule has 133 heavy (non-hydrogen) atoms. The van der Waals surface area contributed by atoms with Gasteiger partial charge in [0.25, 0.3) is 0 Å². The normalized spacial score (nSPS) is 12.6. The first-order valence-corrected chi connectivity index (χ1v) is 44.6. The number of aromatic amines is 8. The SMILES string of the molecule is CCCCNCc1cncc(-c2cnc3n[nH]c(-c4nc5c(COC)cccc5[nH]4)c3c2)c1.CCCNCc1cncc(-c2cnc3n[nH]c(-c4nc5c(COC)cccc5[nH]4)c3c2)c1.COCc1cccc2[nH]c(-c3[nH]nc4ncc(-c5cncc(CNC6CCN(C)CC6)c5)cc34)nc12.COCc1cccc2[nH]c(-c3[nH]nc4ncc(-c5cncc(CNCCO)c5)cc34)nc12. The summed E-state index contributed by atoms with van der Waals surface area (Å²) in [4.78, 5) is 71.3. The number of aliphatic hydroxyl groups is 1. The number of unbranched alkanes of at least 4 members (excludes halogenated alkanes) is 1. The lowest BCUT2D eigenvalue weighted by Crippen LogP contribution is -2.40. The van der Waals surface area contributed by atoms with Gasteiger partial charge in [-0.05, 0) is 154 Å². The summed E-state index contributed by atoms with van der Waals surface area (Å²) in [6, 6.07) is 41.6. The molecule has 0 amide bonds. The summed E-state index contributed by atoms with van der Waals surface area (Å²) in [6.07, 6.45) is 28.1. The fourth-order valence-electron chi connectivity index (χ4n) is 16.6. The molecule has 34 heteroatoms. The predicted octanol–water partition coefficient (Wildman–Crippen LogP) is 15.5. The molecular formula is C99H105N29O5. The summed E-state index contributed by atoms with van der Waals surface area (Å²) in [6.45, 7) is 14.3. The van der Waals surface area contributed by atoms with Crippen LogP contribution in [-0.2, 0) is 71.6 Å². The van der Waals surface area contributed by atoms with Crippen LogP contribution >= 0.6 is 0 Å². The smallest absolute Gasteiger partial charge is 0.181 e. The minimum atomic E-state index is 0.103. The summed E-state index contributed by atoms with van der Waals surface area (Å²) in [7, 11) is 8.93. The van der Waals surface area contributed by atoms with E-state index in [1.54, 1.807) is 34.6 Å². The minimum Gasteiger partial charge on any atom is -0.395 e. The second-order valence-electron chi connectivity index (χ2n) is 33.0. The highest BCUT2D eigenvalue weighted by Crippen LogP contribution is 2.37. The number of hydrogen-bond acceptors (Lipinski definition) is 26. The van der Waals surface area contributed by atoms with Crippen molar-refractivity contribution in [3.05, 3.63) is 240 Å². The first-order valence-electron chi connectivity index (χ1n) is 44.6. The van der Waals surface area contributed by atoms with Crippen LogP contribution in [0, 0.1) is 0 Å². The molecule has 0 atom stereocenters. The van der Waals surface area contributed by atoms with Crippen LogP contribution in [0.1, 0.15) is 90.5 Å². The van der Waals surface area contributed by atoms with Gasteiger partial charge in [-0.3, -0.25) is 40.3 Å². The number of piperidine rings is 1. The first kappa shape index (κ1) is 89.1. The van der Waals surface area contributed by atoms with Gasteiger partial charge in [-0.25, -0.2) is 39.9 Å². The quantitative estimate of drug-likeness (QED) is 0.0174. The fourth-order valence-corrected chi connectivity index (χ4v) is 16.6. The number of H-pyrrole nitrogens is 8. The Bertz CT molecular complexity index is 7150. The highest BCUT2D eigenvalue weighted by molar-refractivity contribution is 5.98. The van der Waals surface area contributed by atoms with Crippen LogP contribution in [0.15, 0.2) is 196 Å². The van der Waals surface area contributed by atoms with E-state index in [-0.39, 0.29) is 6.61 Å². The van der Waals surface area contributed by atoms with Gasteiger partial charge in [0.15, 0.2) is 45.9 Å². The standard InChI is InChI=1S/C27H30N8O.C25H27N7O.C24H25N7O.C23H23N7O2/c1-35-8-6-21(7-9-35)29-13-17-10-19(14-28-12-17)20-11-22-25(33-34-26(22)30-15-20)27-31-23-5-3-4-18(16-36-2)24(23)32-27;1-3-4-8-26-11-16-9-18(13-27-12-16)19-10-20-23(31-32-24(20)28-14-19)25-29-21-7-5-6-17(15-33-2)22(21)30-25;1-3-7-25-10-15-8-17(12-26-11-15)18-9-19-22(30-31-23(19)27-13-18)24-28-20-6-4-5-16(14-32-2)21(20)29-24;1-32-13-15-3-2-4-19-20(15)28-23(27-19)21-18-8-17(12-26-22(18)30-29-21)16-7-14(10-25-11-16)9-24-5-6-31/h3-5,10-12,14-15,21,29H,6-9,13,16H2,1-2H3,(H,31,32)(H,30,33,34);5-7,9-10,12-14,26H,3-4,8,11,15H2,1-2H3,(H,29,30)(H,28,31,32);4-6,8-9,11-13,25H,3,7,10,14H2,1-2H3,(H,28,29)(H,27,30,31);2-4,7-8,10-12,24,31H,5-6,9,13H2,1H3,(H,27,28)(H,26,29,30). The number of imidazole rings is 4. The zero-order chi connectivity index (χ0) is 90.9. The molecule has 0 radical (unpaired) electrons. The van der Waals surface area contributed by atoms with E-state index in [9.17, 15) is 0 Å². The average molecular weight is 1780 g/mol. The number of rotatable bonds is 32. The predicted molar refractivity (Wildman–Crippen MR) is 516 cm³/mol. The van der Waals surface area contributed by atoms with Gasteiger partial charge < -0.3 is 70.2 Å². The maximum absolute atomic E-state index is 8.96. The Morgan fingerprint density at radius 3 is 0.962 bits per heavy atom. The van der Waals surface area contributed by atoms with E-state index in [0.717, 1.165) is 242 Å². The van der Waals surface area contributed by atoms with Gasteiger partial charge in [0.05, 0.1) is 98.7 Å². The fraction of sp³-hybridized carbons (Fsp3) is 0.273. The zero-order valence-corrected chi connectivity index (χ0v) is 75.2. The second-order valence-corrected chi connectivity index (χ2v) is 33.0. The van der Waals surface area contributed by atoms with Crippen molar-refractivity contribution in [1.29, 1.82) is 0 Å². The Morgan fingerprint density at radius 2 is 0.662 bits per heavy atom. The highest BCUT2D eigenvalue weighted by Gasteiger charge is 2.24. The molecule has 17 heterocycles. The molecule has 20 aromatic rings. The summed E-state index contributed by atoms with van der Waals surface area (Å²) >= 11 is 0. The average Bonchev–Trinajstić information content (AvgIpc) is 1.69. The molecule has 1 saturated heterocycles. The minimum absolute atomic E-state index is 0.103. The third kappa shape index (κ3) is 20.5. The number of ether oxygens (including phenoxy) is 4. The van der Waals surface area contributed by atoms with E-state index in [4.69, 9.17) is 44.0 Å². The number of nitrogens with zero attached hydrogens (tertiary/aromatic N) is 17. The molecule has 13 N–H and O–H groups in total. The maximum atomic E-state index is 8.96. The lowest BCUT2D eigenvalue weighted by molar-refractivity contribution is 0.186. The van der Waals surface area contributed by atoms with Gasteiger partial charge in [0, 0.05) is 208 Å². The summed E-state index contributed by atoms with van der Waals surface area (Å²) < 4.78 is 21.3. The number of pyridine rings is 8. The van der Waals surface area contributed by atoms with Gasteiger partial charge in [-0.15, -0.1) is 0 Å². The summed E-state index contributed by atoms with van der Waals surface area (Å²) in [5.74, 6) is 2.87. The van der Waals surface area contributed by atoms with Crippen LogP contribution < -0.4 is 21.3 Å². The summed E-state index contributed by atoms with van der Waals surface area (Å²) in [5.41, 5.74) is 29.7. The monoisotopic (exact) mass is 1780 g/mol. The van der Waals surface area contributed by atoms with Crippen LogP contribution in [0.2, 0.25) is 0 Å². The number of benzene rings is 4. The van der Waals surface area contributed by atoms with Crippen molar-refractivity contribution in [3.8, 4) is 90.6 Å². The highest BCUT2D eigenvalue weighted by atomic mass is 16.5. The van der Waals surface area contributed by atoms with Crippen LogP contribution in [0.3, 0.4) is 0 Å². The van der Waals surface area contributed by atoms with Gasteiger partial charge in [0.2, 0.25) is 0 Å². The van der Waals surface area contributed by atoms with E-state index in [0.29, 0.717) is 74.0 Å². The van der Waals surface area contributed by atoms with Crippen molar-refractivity contribution in [2.75, 3.05) is 74.8 Å². The van der Waals surface area contributed by atoms with E-state index >= 15 is 0 Å². The Hall–Kier alpha value is -14.6. The van der Waals surface area contributed by atoms with Crippen molar-refractivity contribution >= 4 is 88.3 Å². The van der Waals surface area contributed by atoms with Crippen molar-refractivity contribution in [2.24, 2.45) is 0 Å². The van der Waals surface area contributed by atoms with Gasteiger partial charge >= 0.3 is 0 Å². The van der Waals surface area contributed by atoms with Crippen molar-refractivity contribution in [2.45, 2.75) is 105 Å². The van der Waals surface area contributed by atoms with Gasteiger partial charge in [0.1, 0.15) is 22.8 Å². The third-order valence-electron chi connectivity index (χ3n) is 23.4. The van der Waals surface area contributed by atoms with Crippen LogP contribution in [0.25, 0.3) is 179 Å². The summed E-state index contributed by atoms with van der Waals surface area (Å²) in [5, 5.41) is 56.3. The van der Waals surface area contributed by atoms with E-state index in [1.165, 1.54) is 31.2 Å². The van der Waals surface area contributed by atoms with Crippen molar-refractivity contribution in [3.63, 3.8) is 0 Å². The molecule has 34 nitrogen and oxygen atoms in total. The number of fused-ring (bicyclic) bond motifs is 8. The molecule has 1 fully saturated rings. The number of aliphatic hydroxyl groups excluding tert-OH is 1. The maximum Gasteiger partial charge on any atom is 0.181 e. The molecular weight excluding hydrogens is 1680 g/mol. The lowest BCUT2D eigenvalue weighted by atomic mass is 10.0. The van der Waals surface area contributed by atoms with E-state index in [1.807, 2.05) is 147 Å². The van der Waals surface area contributed by atoms with Crippen molar-refractivity contribution < 1.29 is 24.1 Å². The van der Waals surface area contributed by atoms with Crippen LogP contribution in [0.4, 0.5) is 0 Å². The Kier molecular flexibility index (Phi) is 28.2. The Labute approximate surface area is 765 Å². The second kappa shape index (κ2) is 42.1. The molecule has 0 saturated carbocycles. The molecule has 1 aliphatic heterocycles. The number of methoxy groups -OCH3 is 4. The molecule has 21 rings (SSSR count). The van der Waals surface area contributed by atoms with Crippen LogP contribution in [0.5, 0.6) is 0 Å². The molecule has 0 bridgehead atoms. The number of hydrogen-bond donors (Lipinski definition) is 13. The number of aromatic nitrogens is 24. The number of nitrogens with one attached hydrogen (secondary N) is 12. The zero-order valence-electron chi connectivity index (χ0n) is 75.2. The Balaban J connectivity index is 0.000000119. The number of para-hydroxylation sites is 4. The molecule has 1 aliphatic rings. The van der Waals surface area contributed by atoms with Gasteiger partial charge in [-0.2, -0.15) is 20.4 Å². The topological polar surface area (TPSA) is 441 Å². The third-order valence-corrected chi connectivity index (χ3v) is 23.4. The molecule has 0 unspecified atom stereocenters. The molecule has 0 aliphatic carbocycles. The van der Waals surface area contributed by atoms with Crippen LogP contribution in [-0.4, -0.2) is 211 Å². The molecule has 4 aromatic carbocycles. The molecule has 0 spiro atoms. The Morgan fingerprint density at radius 1 is 0.361 bits per heavy atom. The van der Waals surface area contributed by atoms with Crippen molar-refractivity contribution in [1.82, 2.24) is 147 Å². The first-order chi connectivity index (χ1) is 65.5. The van der Waals surface area contributed by atoms with E-state index in [2.05, 4.69) is 190 Å². The number of likely N-dealkylation sites (tertiary alicyclic amines) is 1. The lowest BCUT2D eigenvalue weighted by Gasteiger charge is -2.29. The largest absolute Gasteiger partial charge is 0.395 e.